The topological polar surface area (TPSA) is 60.4 Å². The quantitative estimate of drug-likeness (QED) is 0.214. The van der Waals surface area contributed by atoms with Crippen LogP contribution in [0.3, 0.4) is 0 Å². The van der Waals surface area contributed by atoms with Crippen molar-refractivity contribution < 1.29 is 22.0 Å². The lowest BCUT2D eigenvalue weighted by Gasteiger charge is -2.39. The van der Waals surface area contributed by atoms with Crippen molar-refractivity contribution in [1.29, 1.82) is 0 Å². The molecule has 0 aliphatic carbocycles. The van der Waals surface area contributed by atoms with Crippen LogP contribution in [0, 0.1) is 24.0 Å². The van der Waals surface area contributed by atoms with Gasteiger partial charge in [0.25, 0.3) is 0 Å². The number of fused-ring (bicyclic) bond motifs is 4. The maximum absolute atomic E-state index is 16.9. The fraction of sp³-hybridized carbons (Fsp3) is 0.441. The molecule has 3 fully saturated rings. The number of hydrogen-bond donors (Lipinski definition) is 1. The second kappa shape index (κ2) is 11.6. The first-order valence-electron chi connectivity index (χ1n) is 15.6. The molecule has 0 amide bonds. The lowest BCUT2D eigenvalue weighted by Crippen LogP contribution is -2.52. The highest BCUT2D eigenvalue weighted by Gasteiger charge is 2.39. The Bertz CT molecular complexity index is 1850. The number of pyridine rings is 1. The monoisotopic (exact) mass is 635 g/mol. The van der Waals surface area contributed by atoms with E-state index in [2.05, 4.69) is 33.1 Å². The highest BCUT2D eigenvalue weighted by Crippen LogP contribution is 2.41. The van der Waals surface area contributed by atoms with E-state index in [0.29, 0.717) is 48.9 Å². The normalized spacial score (nSPS) is 22.0. The summed E-state index contributed by atoms with van der Waals surface area (Å²) in [7, 11) is 4.01. The molecule has 2 unspecified atom stereocenters. The summed E-state index contributed by atoms with van der Waals surface area (Å²) >= 11 is 0. The number of terminal acetylenes is 1. The summed E-state index contributed by atoms with van der Waals surface area (Å²) in [6.07, 6.45) is 7.57. The fourth-order valence-electron chi connectivity index (χ4n) is 7.36. The molecule has 5 heterocycles. The number of halogens is 5. The molecule has 3 aliphatic heterocycles. The van der Waals surface area contributed by atoms with Crippen molar-refractivity contribution in [1.82, 2.24) is 25.2 Å². The van der Waals surface area contributed by atoms with Gasteiger partial charge >= 0.3 is 6.18 Å². The minimum Gasteiger partial charge on any atom is -0.357 e. The van der Waals surface area contributed by atoms with E-state index in [4.69, 9.17) is 16.4 Å². The van der Waals surface area contributed by atoms with Crippen LogP contribution in [0.4, 0.5) is 33.7 Å². The van der Waals surface area contributed by atoms with Crippen LogP contribution in [0.15, 0.2) is 30.5 Å². The van der Waals surface area contributed by atoms with Crippen LogP contribution < -0.4 is 15.1 Å². The Morgan fingerprint density at radius 2 is 1.83 bits per heavy atom. The molecular formula is C34H34F5N7. The van der Waals surface area contributed by atoms with Gasteiger partial charge in [-0.15, -0.1) is 6.42 Å². The van der Waals surface area contributed by atoms with Gasteiger partial charge in [-0.1, -0.05) is 18.4 Å². The number of aromatic nitrogens is 3. The summed E-state index contributed by atoms with van der Waals surface area (Å²) in [5.41, 5.74) is -2.00. The summed E-state index contributed by atoms with van der Waals surface area (Å²) in [6, 6.07) is 4.73. The van der Waals surface area contributed by atoms with E-state index in [1.54, 1.807) is 0 Å². The average molecular weight is 636 g/mol. The molecule has 0 radical (unpaired) electrons. The van der Waals surface area contributed by atoms with Crippen molar-refractivity contribution in [3.63, 3.8) is 0 Å². The van der Waals surface area contributed by atoms with Crippen LogP contribution in [-0.2, 0) is 6.18 Å². The van der Waals surface area contributed by atoms with Gasteiger partial charge in [0.1, 0.15) is 22.8 Å². The first-order chi connectivity index (χ1) is 22.0. The van der Waals surface area contributed by atoms with E-state index >= 15 is 4.39 Å². The molecule has 2 aromatic heterocycles. The highest BCUT2D eigenvalue weighted by atomic mass is 19.4. The van der Waals surface area contributed by atoms with Crippen molar-refractivity contribution in [2.45, 2.75) is 56.4 Å². The van der Waals surface area contributed by atoms with Crippen LogP contribution in [0.2, 0.25) is 0 Å². The van der Waals surface area contributed by atoms with E-state index in [-0.39, 0.29) is 33.5 Å². The number of likely N-dealkylation sites (N-methyl/N-ethyl adjacent to an activating group) is 2. The lowest BCUT2D eigenvalue weighted by molar-refractivity contribution is -0.137. The number of nitrogens with zero attached hydrogens (tertiary/aromatic N) is 6. The fourth-order valence-corrected chi connectivity index (χ4v) is 7.36. The van der Waals surface area contributed by atoms with Crippen LogP contribution in [0.25, 0.3) is 32.9 Å². The van der Waals surface area contributed by atoms with E-state index in [1.165, 1.54) is 12.3 Å². The van der Waals surface area contributed by atoms with Crippen LogP contribution >= 0.6 is 0 Å². The summed E-state index contributed by atoms with van der Waals surface area (Å²) < 4.78 is 73.9. The van der Waals surface area contributed by atoms with Crippen LogP contribution in [-0.4, -0.2) is 78.3 Å². The summed E-state index contributed by atoms with van der Waals surface area (Å²) in [6.45, 7) is 2.89. The Labute approximate surface area is 263 Å². The Morgan fingerprint density at radius 1 is 1.07 bits per heavy atom. The molecule has 7 rings (SSSR count). The van der Waals surface area contributed by atoms with E-state index in [9.17, 15) is 17.6 Å². The van der Waals surface area contributed by atoms with Crippen molar-refractivity contribution in [2.24, 2.45) is 0 Å². The molecule has 12 heteroatoms. The standard InChI is InChI=1S/C34H34F5N7/c1-4-24-27(35)11-8-19-13-20(34(37,38)39)14-25(28(19)24)30-29(36)31-26(15-41-30)32(44(2)16-21-7-5-6-12-40-21)43-33(42-31)46-17-22-9-10-23(18-46)45(22)3/h1,8,11,13-15,21-23,40H,5-7,9-10,12,16-18H2,2-3H3/t21-,22?,23?/m0/s1. The number of benzene rings is 2. The van der Waals surface area contributed by atoms with Gasteiger partial charge in [-0.05, 0) is 62.9 Å². The second-order valence-corrected chi connectivity index (χ2v) is 12.7. The Morgan fingerprint density at radius 3 is 2.50 bits per heavy atom. The highest BCUT2D eigenvalue weighted by molar-refractivity contribution is 6.02. The van der Waals surface area contributed by atoms with Gasteiger partial charge in [0.05, 0.1) is 16.5 Å². The van der Waals surface area contributed by atoms with Gasteiger partial charge in [0.2, 0.25) is 5.95 Å². The van der Waals surface area contributed by atoms with Gasteiger partial charge in [-0.2, -0.15) is 18.2 Å². The zero-order valence-corrected chi connectivity index (χ0v) is 25.6. The molecule has 3 atom stereocenters. The van der Waals surface area contributed by atoms with Crippen molar-refractivity contribution in [3.8, 4) is 23.6 Å². The zero-order chi connectivity index (χ0) is 32.3. The summed E-state index contributed by atoms with van der Waals surface area (Å²) in [5, 5.41) is 3.87. The maximum atomic E-state index is 16.9. The minimum absolute atomic E-state index is 0.0214. The average Bonchev–Trinajstić information content (AvgIpc) is 3.23. The second-order valence-electron chi connectivity index (χ2n) is 12.7. The Hall–Kier alpha value is -4.08. The van der Waals surface area contributed by atoms with E-state index in [0.717, 1.165) is 56.8 Å². The maximum Gasteiger partial charge on any atom is 0.416 e. The summed E-state index contributed by atoms with van der Waals surface area (Å²) in [5.74, 6) is 1.37. The van der Waals surface area contributed by atoms with Gasteiger partial charge in [-0.25, -0.2) is 13.8 Å². The Balaban J connectivity index is 1.43. The molecule has 2 bridgehead atoms. The molecule has 3 aliphatic rings. The SMILES string of the molecule is C#Cc1c(F)ccc2cc(C(F)(F)F)cc(-c3ncc4c(N(C)C[C@@H]5CCCCN5)nc(N5CC6CCC(C5)N6C)nc4c3F)c12. The number of rotatable bonds is 5. The molecule has 0 saturated carbocycles. The molecule has 240 valence electrons. The smallest absolute Gasteiger partial charge is 0.357 e. The number of nitrogens with one attached hydrogen (secondary N) is 1. The molecule has 1 N–H and O–H groups in total. The molecule has 46 heavy (non-hydrogen) atoms. The third-order valence-corrected chi connectivity index (χ3v) is 9.84. The predicted molar refractivity (Wildman–Crippen MR) is 169 cm³/mol. The third-order valence-electron chi connectivity index (χ3n) is 9.84. The van der Waals surface area contributed by atoms with Gasteiger partial charge < -0.3 is 15.1 Å². The first kappa shape index (κ1) is 30.6. The van der Waals surface area contributed by atoms with Gasteiger partial charge in [0.15, 0.2) is 5.82 Å². The molecule has 4 aromatic rings. The minimum atomic E-state index is -4.75. The molecule has 0 spiro atoms. The van der Waals surface area contributed by atoms with Gasteiger partial charge in [0, 0.05) is 62.0 Å². The predicted octanol–water partition coefficient (Wildman–Crippen LogP) is 5.98. The largest absolute Gasteiger partial charge is 0.416 e. The van der Waals surface area contributed by atoms with E-state index < -0.39 is 29.1 Å². The van der Waals surface area contributed by atoms with Crippen molar-refractivity contribution in [2.75, 3.05) is 50.1 Å². The molecule has 7 nitrogen and oxygen atoms in total. The lowest BCUT2D eigenvalue weighted by atomic mass is 9.93. The molecule has 2 aromatic carbocycles. The third kappa shape index (κ3) is 5.29. The number of alkyl halides is 3. The van der Waals surface area contributed by atoms with Crippen LogP contribution in [0.1, 0.15) is 43.2 Å². The summed E-state index contributed by atoms with van der Waals surface area (Å²) in [4.78, 5) is 20.4. The first-order valence-corrected chi connectivity index (χ1v) is 15.6. The van der Waals surface area contributed by atoms with Crippen molar-refractivity contribution in [3.05, 3.63) is 53.2 Å². The zero-order valence-electron chi connectivity index (χ0n) is 25.6. The Kier molecular flexibility index (Phi) is 7.72. The van der Waals surface area contributed by atoms with E-state index in [1.807, 2.05) is 11.9 Å². The van der Waals surface area contributed by atoms with Crippen molar-refractivity contribution >= 4 is 33.4 Å². The number of piperidine rings is 1. The number of piperazine rings is 1. The van der Waals surface area contributed by atoms with Crippen LogP contribution in [0.5, 0.6) is 0 Å². The molecule has 3 saturated heterocycles. The number of hydrogen-bond acceptors (Lipinski definition) is 7. The molecular weight excluding hydrogens is 601 g/mol. The number of anilines is 2. The van der Waals surface area contributed by atoms with Gasteiger partial charge in [-0.3, -0.25) is 9.88 Å².